The van der Waals surface area contributed by atoms with E-state index in [2.05, 4.69) is 12.2 Å². The van der Waals surface area contributed by atoms with Gasteiger partial charge < -0.3 is 5.32 Å². The first kappa shape index (κ1) is 24.4. The van der Waals surface area contributed by atoms with Gasteiger partial charge in [-0.1, -0.05) is 44.5 Å². The highest BCUT2D eigenvalue weighted by atomic mass is 32.2. The van der Waals surface area contributed by atoms with Gasteiger partial charge >= 0.3 is 0 Å². The average molecular weight is 484 g/mol. The van der Waals surface area contributed by atoms with Gasteiger partial charge in [-0.3, -0.25) is 14.5 Å². The van der Waals surface area contributed by atoms with E-state index in [4.69, 9.17) is 0 Å². The number of carbonyl (C=O) groups excluding carboxylic acids is 2. The minimum absolute atomic E-state index is 0.155. The Kier molecular flexibility index (Phi) is 7.38. The molecule has 2 aliphatic rings. The number of rotatable bonds is 7. The van der Waals surface area contributed by atoms with Gasteiger partial charge in [-0.2, -0.15) is 4.31 Å². The zero-order valence-corrected chi connectivity index (χ0v) is 20.7. The summed E-state index contributed by atoms with van der Waals surface area (Å²) in [7, 11) is -3.59. The monoisotopic (exact) mass is 483 g/mol. The second kappa shape index (κ2) is 10.3. The Labute approximate surface area is 202 Å². The third kappa shape index (κ3) is 4.88. The van der Waals surface area contributed by atoms with Gasteiger partial charge in [0.25, 0.3) is 0 Å². The number of hydrogen-bond donors (Lipinski definition) is 1. The highest BCUT2D eigenvalue weighted by Gasteiger charge is 2.38. The summed E-state index contributed by atoms with van der Waals surface area (Å²) in [5, 5.41) is 2.96. The molecule has 7 nitrogen and oxygen atoms in total. The van der Waals surface area contributed by atoms with Gasteiger partial charge in [-0.25, -0.2) is 8.42 Å². The van der Waals surface area contributed by atoms with Crippen LogP contribution in [0.3, 0.4) is 0 Å². The van der Waals surface area contributed by atoms with Gasteiger partial charge in [0.15, 0.2) is 0 Å². The Bertz CT molecular complexity index is 1160. The SMILES string of the molecule is CCC(=O)N1c2ccc(S(=O)(=O)N3CCCCC3)cc2CC1C(=O)NCc1ccc(CC)cc1. The molecule has 1 fully saturated rings. The van der Waals surface area contributed by atoms with Crippen molar-refractivity contribution < 1.29 is 18.0 Å². The van der Waals surface area contributed by atoms with Gasteiger partial charge in [0.2, 0.25) is 21.8 Å². The maximum Gasteiger partial charge on any atom is 0.243 e. The molecular formula is C26H33N3O4S. The summed E-state index contributed by atoms with van der Waals surface area (Å²) in [4.78, 5) is 27.7. The Hall–Kier alpha value is -2.71. The highest BCUT2D eigenvalue weighted by Crippen LogP contribution is 2.35. The molecule has 0 saturated carbocycles. The van der Waals surface area contributed by atoms with Crippen LogP contribution >= 0.6 is 0 Å². The molecule has 0 spiro atoms. The average Bonchev–Trinajstić information content (AvgIpc) is 3.26. The maximum atomic E-state index is 13.1. The molecule has 0 bridgehead atoms. The number of carbonyl (C=O) groups is 2. The van der Waals surface area contributed by atoms with Gasteiger partial charge in [-0.05, 0) is 54.2 Å². The van der Waals surface area contributed by atoms with Crippen LogP contribution in [0, 0.1) is 0 Å². The second-order valence-electron chi connectivity index (χ2n) is 8.98. The lowest BCUT2D eigenvalue weighted by Crippen LogP contribution is -2.47. The molecule has 0 radical (unpaired) electrons. The van der Waals surface area contributed by atoms with Crippen LogP contribution in [-0.4, -0.2) is 43.7 Å². The largest absolute Gasteiger partial charge is 0.350 e. The maximum absolute atomic E-state index is 13.1. The van der Waals surface area contributed by atoms with Gasteiger partial charge in [0, 0.05) is 38.2 Å². The molecule has 2 heterocycles. The van der Waals surface area contributed by atoms with E-state index in [9.17, 15) is 18.0 Å². The molecule has 0 aliphatic carbocycles. The summed E-state index contributed by atoms with van der Waals surface area (Å²) < 4.78 is 27.8. The second-order valence-corrected chi connectivity index (χ2v) is 10.9. The predicted molar refractivity (Wildman–Crippen MR) is 132 cm³/mol. The third-order valence-corrected chi connectivity index (χ3v) is 8.65. The Balaban J connectivity index is 1.54. The molecule has 2 aliphatic heterocycles. The lowest BCUT2D eigenvalue weighted by Gasteiger charge is -2.26. The number of sulfonamides is 1. The Morgan fingerprint density at radius 3 is 2.29 bits per heavy atom. The van der Waals surface area contributed by atoms with E-state index in [1.807, 2.05) is 24.3 Å². The number of hydrogen-bond acceptors (Lipinski definition) is 4. The smallest absolute Gasteiger partial charge is 0.243 e. The quantitative estimate of drug-likeness (QED) is 0.654. The number of nitrogens with zero attached hydrogens (tertiary/aromatic N) is 2. The van der Waals surface area contributed by atoms with Crippen molar-refractivity contribution in [2.24, 2.45) is 0 Å². The summed E-state index contributed by atoms with van der Waals surface area (Å²) >= 11 is 0. The molecule has 34 heavy (non-hydrogen) atoms. The molecule has 1 atom stereocenters. The van der Waals surface area contributed by atoms with Crippen LogP contribution in [0.25, 0.3) is 0 Å². The van der Waals surface area contributed by atoms with Gasteiger partial charge in [-0.15, -0.1) is 0 Å². The van der Waals surface area contributed by atoms with Crippen molar-refractivity contribution in [1.82, 2.24) is 9.62 Å². The zero-order valence-electron chi connectivity index (χ0n) is 19.9. The predicted octanol–water partition coefficient (Wildman–Crippen LogP) is 3.41. The lowest BCUT2D eigenvalue weighted by atomic mass is 10.1. The van der Waals surface area contributed by atoms with Crippen molar-refractivity contribution >= 4 is 27.5 Å². The zero-order chi connectivity index (χ0) is 24.3. The van der Waals surface area contributed by atoms with E-state index < -0.39 is 16.1 Å². The molecule has 1 saturated heterocycles. The van der Waals surface area contributed by atoms with Crippen LogP contribution in [0.4, 0.5) is 5.69 Å². The molecule has 8 heteroatoms. The number of aryl methyl sites for hydroxylation is 1. The van der Waals surface area contributed by atoms with Crippen molar-refractivity contribution in [2.45, 2.75) is 69.9 Å². The van der Waals surface area contributed by atoms with Crippen molar-refractivity contribution in [2.75, 3.05) is 18.0 Å². The van der Waals surface area contributed by atoms with Crippen LogP contribution in [0.2, 0.25) is 0 Å². The minimum Gasteiger partial charge on any atom is -0.350 e. The minimum atomic E-state index is -3.59. The first-order valence-electron chi connectivity index (χ1n) is 12.2. The lowest BCUT2D eigenvalue weighted by molar-refractivity contribution is -0.126. The fourth-order valence-corrected chi connectivity index (χ4v) is 6.30. The van der Waals surface area contributed by atoms with Crippen molar-refractivity contribution in [3.8, 4) is 0 Å². The topological polar surface area (TPSA) is 86.8 Å². The fraction of sp³-hybridized carbons (Fsp3) is 0.462. The van der Waals surface area contributed by atoms with Gasteiger partial charge in [0.1, 0.15) is 6.04 Å². The van der Waals surface area contributed by atoms with Crippen molar-refractivity contribution in [3.63, 3.8) is 0 Å². The van der Waals surface area contributed by atoms with E-state index >= 15 is 0 Å². The van der Waals surface area contributed by atoms with Gasteiger partial charge in [0.05, 0.1) is 4.90 Å². The molecule has 4 rings (SSSR count). The van der Waals surface area contributed by atoms with Crippen LogP contribution in [0.5, 0.6) is 0 Å². The number of piperidine rings is 1. The van der Waals surface area contributed by atoms with Crippen LogP contribution < -0.4 is 10.2 Å². The van der Waals surface area contributed by atoms with E-state index in [-0.39, 0.29) is 23.1 Å². The number of fused-ring (bicyclic) bond motifs is 1. The molecule has 2 aromatic carbocycles. The summed E-state index contributed by atoms with van der Waals surface area (Å²) in [6.07, 6.45) is 4.29. The van der Waals surface area contributed by atoms with E-state index in [0.29, 0.717) is 37.3 Å². The van der Waals surface area contributed by atoms with Crippen molar-refractivity contribution in [3.05, 3.63) is 59.2 Å². The summed E-state index contributed by atoms with van der Waals surface area (Å²) in [5.74, 6) is -0.393. The molecule has 1 N–H and O–H groups in total. The molecule has 0 aromatic heterocycles. The summed E-state index contributed by atoms with van der Waals surface area (Å²) in [6.45, 7) is 5.30. The van der Waals surface area contributed by atoms with E-state index in [1.165, 1.54) is 14.8 Å². The first-order chi connectivity index (χ1) is 16.3. The Morgan fingerprint density at radius 2 is 1.65 bits per heavy atom. The van der Waals surface area contributed by atoms with Crippen molar-refractivity contribution in [1.29, 1.82) is 0 Å². The molecule has 182 valence electrons. The van der Waals surface area contributed by atoms with Crippen LogP contribution in [0.1, 0.15) is 56.2 Å². The summed E-state index contributed by atoms with van der Waals surface area (Å²) in [6, 6.07) is 12.3. The number of nitrogens with one attached hydrogen (secondary N) is 1. The molecular weight excluding hydrogens is 450 g/mol. The highest BCUT2D eigenvalue weighted by molar-refractivity contribution is 7.89. The fourth-order valence-electron chi connectivity index (χ4n) is 4.73. The number of amides is 2. The van der Waals surface area contributed by atoms with E-state index in [1.54, 1.807) is 25.1 Å². The van der Waals surface area contributed by atoms with Crippen LogP contribution in [0.15, 0.2) is 47.4 Å². The number of benzene rings is 2. The van der Waals surface area contributed by atoms with E-state index in [0.717, 1.165) is 31.2 Å². The molecule has 1 unspecified atom stereocenters. The standard InChI is InChI=1S/C26H33N3O4S/c1-3-19-8-10-20(11-9-19)18-27-26(31)24-17-21-16-22(12-13-23(21)29(24)25(30)4-2)34(32,33)28-14-6-5-7-15-28/h8-13,16,24H,3-7,14-15,17-18H2,1-2H3,(H,27,31). The first-order valence-corrected chi connectivity index (χ1v) is 13.6. The van der Waals surface area contributed by atoms with Crippen LogP contribution in [-0.2, 0) is 39.0 Å². The third-order valence-electron chi connectivity index (χ3n) is 6.76. The Morgan fingerprint density at radius 1 is 0.971 bits per heavy atom. The molecule has 2 aromatic rings. The summed E-state index contributed by atoms with van der Waals surface area (Å²) in [5.41, 5.74) is 3.56. The molecule has 2 amide bonds. The number of anilines is 1. The normalized spacial score (nSPS) is 18.5.